The standard InChI is InChI=1S/C15H17N5O2S/c1-2-15-18-17-11-20(15)13-6-7-19(10-13)23(21,22)14-5-3-4-12(8-14)9-16/h3-5,8,11,13H,2,6-7,10H2,1H3. The number of nitriles is 1. The Kier molecular flexibility index (Phi) is 4.15. The highest BCUT2D eigenvalue weighted by Gasteiger charge is 2.34. The highest BCUT2D eigenvalue weighted by molar-refractivity contribution is 7.89. The van der Waals surface area contributed by atoms with Gasteiger partial charge < -0.3 is 4.57 Å². The van der Waals surface area contributed by atoms with Gasteiger partial charge in [-0.1, -0.05) is 13.0 Å². The van der Waals surface area contributed by atoms with Crippen LogP contribution >= 0.6 is 0 Å². The van der Waals surface area contributed by atoms with Crippen LogP contribution in [-0.2, 0) is 16.4 Å². The fourth-order valence-electron chi connectivity index (χ4n) is 2.86. The molecule has 120 valence electrons. The molecule has 1 aromatic heterocycles. The fraction of sp³-hybridized carbons (Fsp3) is 0.400. The van der Waals surface area contributed by atoms with Gasteiger partial charge in [-0.15, -0.1) is 10.2 Å². The highest BCUT2D eigenvalue weighted by atomic mass is 32.2. The minimum atomic E-state index is -3.59. The molecule has 8 heteroatoms. The van der Waals surface area contributed by atoms with E-state index in [1.807, 2.05) is 17.6 Å². The first kappa shape index (κ1) is 15.6. The second-order valence-corrected chi connectivity index (χ2v) is 7.39. The lowest BCUT2D eigenvalue weighted by atomic mass is 10.2. The Morgan fingerprint density at radius 3 is 3.00 bits per heavy atom. The molecule has 1 aliphatic heterocycles. The molecule has 1 unspecified atom stereocenters. The van der Waals surface area contributed by atoms with E-state index in [1.54, 1.807) is 18.5 Å². The minimum Gasteiger partial charge on any atom is -0.313 e. The van der Waals surface area contributed by atoms with Gasteiger partial charge in [0.15, 0.2) is 0 Å². The highest BCUT2D eigenvalue weighted by Crippen LogP contribution is 2.28. The molecule has 1 aromatic carbocycles. The Hall–Kier alpha value is -2.24. The molecule has 23 heavy (non-hydrogen) atoms. The zero-order valence-electron chi connectivity index (χ0n) is 12.8. The number of hydrogen-bond acceptors (Lipinski definition) is 5. The maximum atomic E-state index is 12.7. The third-order valence-electron chi connectivity index (χ3n) is 4.08. The van der Waals surface area contributed by atoms with Crippen LogP contribution in [0.1, 0.15) is 30.8 Å². The molecule has 0 bridgehead atoms. The maximum absolute atomic E-state index is 12.7. The molecule has 1 aliphatic rings. The van der Waals surface area contributed by atoms with E-state index in [-0.39, 0.29) is 10.9 Å². The van der Waals surface area contributed by atoms with E-state index in [9.17, 15) is 8.42 Å². The van der Waals surface area contributed by atoms with Crippen LogP contribution in [0.15, 0.2) is 35.5 Å². The third kappa shape index (κ3) is 2.85. The van der Waals surface area contributed by atoms with E-state index in [4.69, 9.17) is 5.26 Å². The molecule has 1 fully saturated rings. The lowest BCUT2D eigenvalue weighted by Crippen LogP contribution is -2.29. The van der Waals surface area contributed by atoms with Gasteiger partial charge >= 0.3 is 0 Å². The van der Waals surface area contributed by atoms with Crippen LogP contribution in [0, 0.1) is 11.3 Å². The van der Waals surface area contributed by atoms with Crippen LogP contribution in [0.25, 0.3) is 0 Å². The lowest BCUT2D eigenvalue weighted by Gasteiger charge is -2.17. The summed E-state index contributed by atoms with van der Waals surface area (Å²) in [5, 5.41) is 16.9. The molecule has 2 heterocycles. The van der Waals surface area contributed by atoms with Crippen LogP contribution in [0.3, 0.4) is 0 Å². The largest absolute Gasteiger partial charge is 0.313 e. The van der Waals surface area contributed by atoms with Crippen molar-refractivity contribution < 1.29 is 8.42 Å². The maximum Gasteiger partial charge on any atom is 0.243 e. The van der Waals surface area contributed by atoms with Crippen molar-refractivity contribution in [3.8, 4) is 6.07 Å². The topological polar surface area (TPSA) is 91.9 Å². The second kappa shape index (κ2) is 6.10. The summed E-state index contributed by atoms with van der Waals surface area (Å²) in [4.78, 5) is 0.164. The molecule has 1 atom stereocenters. The summed E-state index contributed by atoms with van der Waals surface area (Å²) >= 11 is 0. The van der Waals surface area contributed by atoms with Crippen LogP contribution in [-0.4, -0.2) is 40.6 Å². The zero-order valence-corrected chi connectivity index (χ0v) is 13.6. The van der Waals surface area contributed by atoms with Crippen molar-refractivity contribution in [2.45, 2.75) is 30.7 Å². The monoisotopic (exact) mass is 331 g/mol. The first-order valence-corrected chi connectivity index (χ1v) is 8.89. The molecule has 0 aliphatic carbocycles. The van der Waals surface area contributed by atoms with Gasteiger partial charge in [0.1, 0.15) is 12.2 Å². The number of aromatic nitrogens is 3. The first-order valence-electron chi connectivity index (χ1n) is 7.45. The molecule has 7 nitrogen and oxygen atoms in total. The number of rotatable bonds is 4. The molecule has 0 amide bonds. The molecule has 1 saturated heterocycles. The van der Waals surface area contributed by atoms with Crippen LogP contribution in [0.2, 0.25) is 0 Å². The summed E-state index contributed by atoms with van der Waals surface area (Å²) in [5.74, 6) is 0.862. The minimum absolute atomic E-state index is 0.0499. The quantitative estimate of drug-likeness (QED) is 0.843. The van der Waals surface area contributed by atoms with E-state index < -0.39 is 10.0 Å². The number of nitrogens with zero attached hydrogens (tertiary/aromatic N) is 5. The van der Waals surface area contributed by atoms with Gasteiger partial charge in [-0.3, -0.25) is 0 Å². The van der Waals surface area contributed by atoms with Gasteiger partial charge in [-0.05, 0) is 24.6 Å². The first-order chi connectivity index (χ1) is 11.1. The Labute approximate surface area is 135 Å². The predicted molar refractivity (Wildman–Crippen MR) is 83.0 cm³/mol. The molecule has 3 rings (SSSR count). The van der Waals surface area contributed by atoms with Gasteiger partial charge in [0, 0.05) is 19.5 Å². The van der Waals surface area contributed by atoms with E-state index in [2.05, 4.69) is 10.2 Å². The second-order valence-electron chi connectivity index (χ2n) is 5.45. The van der Waals surface area contributed by atoms with Crippen molar-refractivity contribution in [2.24, 2.45) is 0 Å². The van der Waals surface area contributed by atoms with Gasteiger partial charge in [0.2, 0.25) is 10.0 Å². The Bertz CT molecular complexity index is 853. The Balaban J connectivity index is 1.84. The molecular weight excluding hydrogens is 314 g/mol. The molecule has 0 saturated carbocycles. The summed E-state index contributed by atoms with van der Waals surface area (Å²) in [6.45, 7) is 2.84. The Morgan fingerprint density at radius 1 is 1.43 bits per heavy atom. The summed E-state index contributed by atoms with van der Waals surface area (Å²) < 4.78 is 28.9. The van der Waals surface area contributed by atoms with Crippen molar-refractivity contribution in [1.82, 2.24) is 19.1 Å². The fourth-order valence-corrected chi connectivity index (χ4v) is 4.39. The van der Waals surface area contributed by atoms with Crippen LogP contribution < -0.4 is 0 Å². The summed E-state index contributed by atoms with van der Waals surface area (Å²) in [7, 11) is -3.59. The average molecular weight is 331 g/mol. The average Bonchev–Trinajstić information content (AvgIpc) is 3.23. The van der Waals surface area contributed by atoms with Crippen molar-refractivity contribution in [3.63, 3.8) is 0 Å². The number of aryl methyl sites for hydroxylation is 1. The van der Waals surface area contributed by atoms with Crippen molar-refractivity contribution in [3.05, 3.63) is 42.0 Å². The van der Waals surface area contributed by atoms with Crippen molar-refractivity contribution in [2.75, 3.05) is 13.1 Å². The van der Waals surface area contributed by atoms with Crippen LogP contribution in [0.5, 0.6) is 0 Å². The van der Waals surface area contributed by atoms with Crippen LogP contribution in [0.4, 0.5) is 0 Å². The van der Waals surface area contributed by atoms with Crippen molar-refractivity contribution in [1.29, 1.82) is 5.26 Å². The number of benzene rings is 1. The third-order valence-corrected chi connectivity index (χ3v) is 5.95. The summed E-state index contributed by atoms with van der Waals surface area (Å²) in [6, 6.07) is 8.15. The molecular formula is C15H17N5O2S. The molecule has 2 aromatic rings. The van der Waals surface area contributed by atoms with E-state index in [1.165, 1.54) is 16.4 Å². The number of hydrogen-bond donors (Lipinski definition) is 0. The zero-order chi connectivity index (χ0) is 16.4. The van der Waals surface area contributed by atoms with E-state index in [0.29, 0.717) is 18.7 Å². The normalized spacial score (nSPS) is 18.9. The lowest BCUT2D eigenvalue weighted by molar-refractivity contribution is 0.446. The molecule has 0 N–H and O–H groups in total. The SMILES string of the molecule is CCc1nncn1C1CCN(S(=O)(=O)c2cccc(C#N)c2)C1. The van der Waals surface area contributed by atoms with Gasteiger partial charge in [-0.25, -0.2) is 8.42 Å². The van der Waals surface area contributed by atoms with Gasteiger partial charge in [0.05, 0.1) is 22.6 Å². The molecule has 0 spiro atoms. The number of sulfonamides is 1. The smallest absolute Gasteiger partial charge is 0.243 e. The predicted octanol–water partition coefficient (Wildman–Crippen LogP) is 1.35. The summed E-state index contributed by atoms with van der Waals surface area (Å²) in [5.41, 5.74) is 0.342. The van der Waals surface area contributed by atoms with E-state index in [0.717, 1.165) is 18.7 Å². The van der Waals surface area contributed by atoms with Gasteiger partial charge in [-0.2, -0.15) is 9.57 Å². The van der Waals surface area contributed by atoms with Gasteiger partial charge in [0.25, 0.3) is 0 Å². The Morgan fingerprint density at radius 2 is 2.26 bits per heavy atom. The van der Waals surface area contributed by atoms with Crippen molar-refractivity contribution >= 4 is 10.0 Å². The van der Waals surface area contributed by atoms with E-state index >= 15 is 0 Å². The molecule has 0 radical (unpaired) electrons. The summed E-state index contributed by atoms with van der Waals surface area (Å²) in [6.07, 6.45) is 3.14.